The predicted octanol–water partition coefficient (Wildman–Crippen LogP) is 6.95. The second kappa shape index (κ2) is 10.5. The van der Waals surface area contributed by atoms with Crippen LogP contribution >= 0.6 is 23.4 Å². The normalized spacial score (nSPS) is 10.6. The number of carboxylic acids is 1. The summed E-state index contributed by atoms with van der Waals surface area (Å²) in [6.45, 7) is 1.65. The van der Waals surface area contributed by atoms with E-state index in [9.17, 15) is 14.7 Å². The second-order valence-corrected chi connectivity index (χ2v) is 9.12. The third kappa shape index (κ3) is 5.84. The third-order valence-electron chi connectivity index (χ3n) is 5.21. The van der Waals surface area contributed by atoms with Crippen molar-refractivity contribution in [3.8, 4) is 11.1 Å². The molecule has 34 heavy (non-hydrogen) atoms. The number of anilines is 1. The van der Waals surface area contributed by atoms with Crippen LogP contribution in [-0.2, 0) is 5.75 Å². The van der Waals surface area contributed by atoms with Crippen LogP contribution < -0.4 is 5.32 Å². The summed E-state index contributed by atoms with van der Waals surface area (Å²) in [5.74, 6) is -0.472. The third-order valence-corrected chi connectivity index (χ3v) is 6.54. The van der Waals surface area contributed by atoms with Gasteiger partial charge in [0.15, 0.2) is 0 Å². The quantitative estimate of drug-likeness (QED) is 0.275. The van der Waals surface area contributed by atoms with Gasteiger partial charge in [-0.3, -0.25) is 9.78 Å². The van der Waals surface area contributed by atoms with E-state index in [1.807, 2.05) is 54.6 Å². The first-order valence-electron chi connectivity index (χ1n) is 10.5. The summed E-state index contributed by atoms with van der Waals surface area (Å²) < 4.78 is 0. The lowest BCUT2D eigenvalue weighted by atomic mass is 10.0. The van der Waals surface area contributed by atoms with Crippen LogP contribution in [0.4, 0.5) is 5.69 Å². The number of halogens is 1. The fourth-order valence-electron chi connectivity index (χ4n) is 3.33. The van der Waals surface area contributed by atoms with Crippen LogP contribution in [0.2, 0.25) is 5.02 Å². The Morgan fingerprint density at radius 3 is 2.41 bits per heavy atom. The molecular weight excluding hydrogens is 468 g/mol. The minimum Gasteiger partial charge on any atom is -0.478 e. The van der Waals surface area contributed by atoms with Gasteiger partial charge in [-0.25, -0.2) is 4.79 Å². The number of rotatable bonds is 7. The highest BCUT2D eigenvalue weighted by Gasteiger charge is 2.12. The van der Waals surface area contributed by atoms with E-state index in [-0.39, 0.29) is 11.5 Å². The molecule has 0 aliphatic heterocycles. The monoisotopic (exact) mass is 488 g/mol. The molecule has 0 saturated carbocycles. The first-order chi connectivity index (χ1) is 16.4. The topological polar surface area (TPSA) is 79.3 Å². The molecule has 0 saturated heterocycles. The number of nitrogens with one attached hydrogen (secondary N) is 1. The van der Waals surface area contributed by atoms with Crippen molar-refractivity contribution in [3.63, 3.8) is 0 Å². The molecule has 170 valence electrons. The number of aromatic carboxylic acids is 1. The van der Waals surface area contributed by atoms with Gasteiger partial charge in [0.05, 0.1) is 11.3 Å². The smallest absolute Gasteiger partial charge is 0.337 e. The zero-order chi connectivity index (χ0) is 24.1. The Hall–Kier alpha value is -3.61. The molecule has 4 rings (SSSR count). The number of thioether (sulfide) groups is 1. The van der Waals surface area contributed by atoms with Gasteiger partial charge in [0.25, 0.3) is 5.91 Å². The minimum atomic E-state index is -1.03. The summed E-state index contributed by atoms with van der Waals surface area (Å²) >= 11 is 7.64. The van der Waals surface area contributed by atoms with Crippen LogP contribution in [0.3, 0.4) is 0 Å². The van der Waals surface area contributed by atoms with Gasteiger partial charge in [-0.2, -0.15) is 0 Å². The van der Waals surface area contributed by atoms with Crippen molar-refractivity contribution >= 4 is 40.9 Å². The van der Waals surface area contributed by atoms with Crippen LogP contribution in [0.5, 0.6) is 0 Å². The number of hydrogen-bond donors (Lipinski definition) is 2. The van der Waals surface area contributed by atoms with Crippen molar-refractivity contribution in [2.24, 2.45) is 0 Å². The van der Waals surface area contributed by atoms with E-state index in [1.54, 1.807) is 49.1 Å². The first-order valence-corrected chi connectivity index (χ1v) is 11.8. The summed E-state index contributed by atoms with van der Waals surface area (Å²) in [6, 6.07) is 24.1. The standard InChI is InChI=1S/C27H21ClN2O3S/c1-17-25(27(32)33)14-21(15-29-17)19-3-2-4-20(13-19)26(31)30-23-9-5-18(6-10-23)16-34-24-11-7-22(28)8-12-24/h2-15H,16H2,1H3,(H,30,31)(H,32,33). The van der Waals surface area contributed by atoms with Crippen molar-refractivity contribution in [1.82, 2.24) is 4.98 Å². The number of benzene rings is 3. The van der Waals surface area contributed by atoms with Gasteiger partial charge in [-0.1, -0.05) is 35.9 Å². The van der Waals surface area contributed by atoms with Gasteiger partial charge < -0.3 is 10.4 Å². The lowest BCUT2D eigenvalue weighted by Gasteiger charge is -2.09. The molecule has 0 spiro atoms. The Morgan fingerprint density at radius 2 is 1.71 bits per heavy atom. The van der Waals surface area contributed by atoms with Crippen LogP contribution in [-0.4, -0.2) is 22.0 Å². The molecule has 1 aromatic heterocycles. The van der Waals surface area contributed by atoms with Crippen LogP contribution in [0.15, 0.2) is 90.0 Å². The van der Waals surface area contributed by atoms with Gasteiger partial charge in [0.1, 0.15) is 0 Å². The molecular formula is C27H21ClN2O3S. The number of nitrogens with zero attached hydrogens (tertiary/aromatic N) is 1. The number of pyridine rings is 1. The maximum Gasteiger partial charge on any atom is 0.337 e. The number of aromatic nitrogens is 1. The summed E-state index contributed by atoms with van der Waals surface area (Å²) in [7, 11) is 0. The maximum atomic E-state index is 12.8. The van der Waals surface area contributed by atoms with Crippen molar-refractivity contribution < 1.29 is 14.7 Å². The first kappa shape index (κ1) is 23.5. The van der Waals surface area contributed by atoms with Crippen molar-refractivity contribution in [3.05, 3.63) is 112 Å². The molecule has 0 atom stereocenters. The van der Waals surface area contributed by atoms with E-state index in [2.05, 4.69) is 10.3 Å². The van der Waals surface area contributed by atoms with Gasteiger partial charge in [-0.05, 0) is 72.6 Å². The highest BCUT2D eigenvalue weighted by molar-refractivity contribution is 7.98. The van der Waals surface area contributed by atoms with E-state index >= 15 is 0 Å². The lowest BCUT2D eigenvalue weighted by Crippen LogP contribution is -2.11. The fourth-order valence-corrected chi connectivity index (χ4v) is 4.31. The Morgan fingerprint density at radius 1 is 0.971 bits per heavy atom. The zero-order valence-corrected chi connectivity index (χ0v) is 19.9. The Bertz CT molecular complexity index is 1340. The van der Waals surface area contributed by atoms with Crippen molar-refractivity contribution in [1.29, 1.82) is 0 Å². The van der Waals surface area contributed by atoms with E-state index in [0.29, 0.717) is 22.5 Å². The Labute approximate surface area is 206 Å². The molecule has 3 aromatic carbocycles. The van der Waals surface area contributed by atoms with Crippen molar-refractivity contribution in [2.75, 3.05) is 5.32 Å². The summed E-state index contributed by atoms with van der Waals surface area (Å²) in [5.41, 5.74) is 4.25. The number of amides is 1. The van der Waals surface area contributed by atoms with E-state index in [1.165, 1.54) is 0 Å². The van der Waals surface area contributed by atoms with Gasteiger partial charge in [-0.15, -0.1) is 11.8 Å². The summed E-state index contributed by atoms with van der Waals surface area (Å²) in [4.78, 5) is 29.6. The summed E-state index contributed by atoms with van der Waals surface area (Å²) in [6.07, 6.45) is 1.61. The molecule has 1 heterocycles. The average Bonchev–Trinajstić information content (AvgIpc) is 2.85. The van der Waals surface area contributed by atoms with E-state index in [0.717, 1.165) is 26.8 Å². The highest BCUT2D eigenvalue weighted by Crippen LogP contribution is 2.26. The van der Waals surface area contributed by atoms with Crippen LogP contribution in [0.1, 0.15) is 32.0 Å². The Kier molecular flexibility index (Phi) is 7.30. The zero-order valence-electron chi connectivity index (χ0n) is 18.3. The SMILES string of the molecule is Cc1ncc(-c2cccc(C(=O)Nc3ccc(CSc4ccc(Cl)cc4)cc3)c2)cc1C(=O)O. The van der Waals surface area contributed by atoms with Crippen LogP contribution in [0.25, 0.3) is 11.1 Å². The maximum absolute atomic E-state index is 12.8. The minimum absolute atomic E-state index is 0.140. The molecule has 0 bridgehead atoms. The van der Waals surface area contributed by atoms with Crippen molar-refractivity contribution in [2.45, 2.75) is 17.6 Å². The molecule has 2 N–H and O–H groups in total. The summed E-state index contributed by atoms with van der Waals surface area (Å²) in [5, 5.41) is 13.0. The number of carbonyl (C=O) groups excluding carboxylic acids is 1. The molecule has 0 aliphatic carbocycles. The van der Waals surface area contributed by atoms with Gasteiger partial charge in [0.2, 0.25) is 0 Å². The molecule has 0 radical (unpaired) electrons. The predicted molar refractivity (Wildman–Crippen MR) is 137 cm³/mol. The molecule has 0 aliphatic rings. The molecule has 1 amide bonds. The lowest BCUT2D eigenvalue weighted by molar-refractivity contribution is 0.0695. The molecule has 5 nitrogen and oxygen atoms in total. The average molecular weight is 489 g/mol. The number of carbonyl (C=O) groups is 2. The fraction of sp³-hybridized carbons (Fsp3) is 0.0741. The van der Waals surface area contributed by atoms with Gasteiger partial charge >= 0.3 is 5.97 Å². The molecule has 4 aromatic rings. The number of aryl methyl sites for hydroxylation is 1. The number of carboxylic acid groups (broad SMARTS) is 1. The van der Waals surface area contributed by atoms with E-state index < -0.39 is 5.97 Å². The number of hydrogen-bond acceptors (Lipinski definition) is 4. The second-order valence-electron chi connectivity index (χ2n) is 7.64. The van der Waals surface area contributed by atoms with Gasteiger partial charge in [0, 0.05) is 38.7 Å². The Balaban J connectivity index is 1.42. The van der Waals surface area contributed by atoms with Crippen LogP contribution in [0, 0.1) is 6.92 Å². The largest absolute Gasteiger partial charge is 0.478 e. The molecule has 0 fully saturated rings. The molecule has 0 unspecified atom stereocenters. The van der Waals surface area contributed by atoms with E-state index in [4.69, 9.17) is 11.6 Å². The molecule has 7 heteroatoms. The highest BCUT2D eigenvalue weighted by atomic mass is 35.5.